The van der Waals surface area contributed by atoms with E-state index in [-0.39, 0.29) is 12.5 Å². The summed E-state index contributed by atoms with van der Waals surface area (Å²) in [5.41, 5.74) is 3.23. The van der Waals surface area contributed by atoms with Crippen LogP contribution in [0.3, 0.4) is 0 Å². The Kier molecular flexibility index (Phi) is 5.08. The van der Waals surface area contributed by atoms with E-state index in [1.54, 1.807) is 12.1 Å². The van der Waals surface area contributed by atoms with Gasteiger partial charge in [0, 0.05) is 10.4 Å². The monoisotopic (exact) mass is 338 g/mol. The van der Waals surface area contributed by atoms with E-state index in [2.05, 4.69) is 10.5 Å². The van der Waals surface area contributed by atoms with Gasteiger partial charge in [-0.3, -0.25) is 4.79 Å². The van der Waals surface area contributed by atoms with Crippen LogP contribution in [0.4, 0.5) is 0 Å². The Balaban J connectivity index is 1.57. The van der Waals surface area contributed by atoms with Crippen LogP contribution in [0.2, 0.25) is 5.02 Å². The molecule has 24 heavy (non-hydrogen) atoms. The molecule has 1 amide bonds. The Morgan fingerprint density at radius 2 is 1.88 bits per heavy atom. The molecule has 0 saturated carbocycles. The number of fused-ring (bicyclic) bond motifs is 1. The summed E-state index contributed by atoms with van der Waals surface area (Å²) in [6, 6.07) is 20.8. The first-order valence-corrected chi connectivity index (χ1v) is 7.78. The predicted octanol–water partition coefficient (Wildman–Crippen LogP) is 4.02. The SMILES string of the molecule is O=C(COc1cccc2ccccc12)NN=Cc1cccc(Cl)c1. The number of rotatable bonds is 5. The standard InChI is InChI=1S/C19H15ClN2O2/c20-16-8-3-5-14(11-16)12-21-22-19(23)13-24-18-10-4-7-15-6-1-2-9-17(15)18/h1-12H,13H2,(H,22,23). The zero-order valence-corrected chi connectivity index (χ0v) is 13.5. The van der Waals surface area contributed by atoms with Crippen LogP contribution in [0.1, 0.15) is 5.56 Å². The summed E-state index contributed by atoms with van der Waals surface area (Å²) in [6.45, 7) is -0.110. The molecule has 3 aromatic carbocycles. The van der Waals surface area contributed by atoms with Crippen LogP contribution in [0.15, 0.2) is 71.8 Å². The lowest BCUT2D eigenvalue weighted by Gasteiger charge is -2.08. The van der Waals surface area contributed by atoms with Crippen LogP contribution in [0, 0.1) is 0 Å². The molecule has 0 atom stereocenters. The van der Waals surface area contributed by atoms with E-state index in [0.29, 0.717) is 10.8 Å². The van der Waals surface area contributed by atoms with Crippen molar-refractivity contribution in [3.8, 4) is 5.75 Å². The number of ether oxygens (including phenoxy) is 1. The quantitative estimate of drug-likeness (QED) is 0.564. The van der Waals surface area contributed by atoms with Gasteiger partial charge in [-0.2, -0.15) is 5.10 Å². The minimum Gasteiger partial charge on any atom is -0.483 e. The molecule has 0 aromatic heterocycles. The minimum absolute atomic E-state index is 0.110. The molecule has 1 N–H and O–H groups in total. The Bertz CT molecular complexity index is 888. The molecular formula is C19H15ClN2O2. The smallest absolute Gasteiger partial charge is 0.277 e. The van der Waals surface area contributed by atoms with Crippen LogP contribution in [0.5, 0.6) is 5.75 Å². The highest BCUT2D eigenvalue weighted by atomic mass is 35.5. The second-order valence-corrected chi connectivity index (χ2v) is 5.55. The van der Waals surface area contributed by atoms with E-state index in [9.17, 15) is 4.79 Å². The van der Waals surface area contributed by atoms with E-state index in [4.69, 9.17) is 16.3 Å². The molecule has 3 rings (SSSR count). The van der Waals surface area contributed by atoms with E-state index in [1.165, 1.54) is 6.21 Å². The molecule has 0 unspecified atom stereocenters. The van der Waals surface area contributed by atoms with Gasteiger partial charge in [0.2, 0.25) is 0 Å². The first-order valence-electron chi connectivity index (χ1n) is 7.40. The number of hydrogen-bond acceptors (Lipinski definition) is 3. The van der Waals surface area contributed by atoms with Gasteiger partial charge >= 0.3 is 0 Å². The average Bonchev–Trinajstić information content (AvgIpc) is 2.60. The Morgan fingerprint density at radius 3 is 2.75 bits per heavy atom. The van der Waals surface area contributed by atoms with E-state index in [0.717, 1.165) is 16.3 Å². The molecule has 5 heteroatoms. The maximum absolute atomic E-state index is 11.8. The molecule has 0 radical (unpaired) electrons. The van der Waals surface area contributed by atoms with Gasteiger partial charge in [-0.25, -0.2) is 5.43 Å². The number of nitrogens with one attached hydrogen (secondary N) is 1. The number of hydrazone groups is 1. The van der Waals surface area contributed by atoms with Crippen LogP contribution in [-0.4, -0.2) is 18.7 Å². The van der Waals surface area contributed by atoms with Crippen molar-refractivity contribution in [3.63, 3.8) is 0 Å². The van der Waals surface area contributed by atoms with Gasteiger partial charge in [0.25, 0.3) is 5.91 Å². The van der Waals surface area contributed by atoms with Crippen LogP contribution in [-0.2, 0) is 4.79 Å². The molecule has 0 aliphatic rings. The van der Waals surface area contributed by atoms with Gasteiger partial charge in [-0.1, -0.05) is 60.1 Å². The summed E-state index contributed by atoms with van der Waals surface area (Å²) in [5, 5.41) is 6.54. The molecule has 0 heterocycles. The summed E-state index contributed by atoms with van der Waals surface area (Å²) in [7, 11) is 0. The molecule has 0 bridgehead atoms. The van der Waals surface area contributed by atoms with Crippen molar-refractivity contribution < 1.29 is 9.53 Å². The highest BCUT2D eigenvalue weighted by Gasteiger charge is 2.04. The number of nitrogens with zero attached hydrogens (tertiary/aromatic N) is 1. The lowest BCUT2D eigenvalue weighted by Crippen LogP contribution is -2.24. The minimum atomic E-state index is -0.332. The van der Waals surface area contributed by atoms with Crippen LogP contribution < -0.4 is 10.2 Å². The first-order chi connectivity index (χ1) is 11.7. The van der Waals surface area contributed by atoms with Gasteiger partial charge in [0.1, 0.15) is 5.75 Å². The Morgan fingerprint density at radius 1 is 1.08 bits per heavy atom. The number of carbonyl (C=O) groups is 1. The fourth-order valence-electron chi connectivity index (χ4n) is 2.26. The largest absolute Gasteiger partial charge is 0.483 e. The van der Waals surface area contributed by atoms with Crippen LogP contribution in [0.25, 0.3) is 10.8 Å². The molecule has 0 saturated heterocycles. The van der Waals surface area contributed by atoms with Crippen molar-refractivity contribution in [1.29, 1.82) is 0 Å². The molecule has 0 fully saturated rings. The van der Waals surface area contributed by atoms with Crippen LogP contribution >= 0.6 is 11.6 Å². The normalized spacial score (nSPS) is 10.9. The number of benzene rings is 3. The second-order valence-electron chi connectivity index (χ2n) is 5.11. The summed E-state index contributed by atoms with van der Waals surface area (Å²) in [6.07, 6.45) is 1.53. The topological polar surface area (TPSA) is 50.7 Å². The van der Waals surface area contributed by atoms with Gasteiger partial charge < -0.3 is 4.74 Å². The molecular weight excluding hydrogens is 324 g/mol. The van der Waals surface area contributed by atoms with E-state index < -0.39 is 0 Å². The third-order valence-corrected chi connectivity index (χ3v) is 3.60. The summed E-state index contributed by atoms with van der Waals surface area (Å²) in [5.74, 6) is 0.336. The second kappa shape index (κ2) is 7.62. The summed E-state index contributed by atoms with van der Waals surface area (Å²) in [4.78, 5) is 11.8. The van der Waals surface area contributed by atoms with Crippen molar-refractivity contribution in [3.05, 3.63) is 77.3 Å². The lowest BCUT2D eigenvalue weighted by atomic mass is 10.1. The van der Waals surface area contributed by atoms with Gasteiger partial charge in [0.15, 0.2) is 6.61 Å². The number of carbonyl (C=O) groups excluding carboxylic acids is 1. The van der Waals surface area contributed by atoms with Gasteiger partial charge in [-0.15, -0.1) is 0 Å². The zero-order valence-electron chi connectivity index (χ0n) is 12.8. The van der Waals surface area contributed by atoms with Crippen molar-refractivity contribution in [2.24, 2.45) is 5.10 Å². The first kappa shape index (κ1) is 16.0. The van der Waals surface area contributed by atoms with Gasteiger partial charge in [0.05, 0.1) is 6.21 Å². The van der Waals surface area contributed by atoms with E-state index in [1.807, 2.05) is 54.6 Å². The highest BCUT2D eigenvalue weighted by Crippen LogP contribution is 2.24. The Hall–Kier alpha value is -2.85. The zero-order chi connectivity index (χ0) is 16.8. The predicted molar refractivity (Wildman–Crippen MR) is 96.6 cm³/mol. The maximum atomic E-state index is 11.8. The lowest BCUT2D eigenvalue weighted by molar-refractivity contribution is -0.123. The Labute approximate surface area is 144 Å². The third-order valence-electron chi connectivity index (χ3n) is 3.36. The van der Waals surface area contributed by atoms with Crippen molar-refractivity contribution in [2.75, 3.05) is 6.61 Å². The fraction of sp³-hybridized carbons (Fsp3) is 0.0526. The summed E-state index contributed by atoms with van der Waals surface area (Å²) < 4.78 is 5.60. The fourth-order valence-corrected chi connectivity index (χ4v) is 2.46. The van der Waals surface area contributed by atoms with Crippen molar-refractivity contribution >= 4 is 34.5 Å². The summed E-state index contributed by atoms with van der Waals surface area (Å²) >= 11 is 5.88. The van der Waals surface area contributed by atoms with Gasteiger partial charge in [-0.05, 0) is 29.1 Å². The van der Waals surface area contributed by atoms with Crippen molar-refractivity contribution in [2.45, 2.75) is 0 Å². The molecule has 4 nitrogen and oxygen atoms in total. The molecule has 3 aromatic rings. The van der Waals surface area contributed by atoms with Crippen molar-refractivity contribution in [1.82, 2.24) is 5.43 Å². The maximum Gasteiger partial charge on any atom is 0.277 e. The molecule has 0 aliphatic carbocycles. The average molecular weight is 339 g/mol. The number of halogens is 1. The third kappa shape index (κ3) is 4.12. The number of amides is 1. The molecule has 120 valence electrons. The number of hydrogen-bond donors (Lipinski definition) is 1. The molecule has 0 spiro atoms. The highest BCUT2D eigenvalue weighted by molar-refractivity contribution is 6.30. The van der Waals surface area contributed by atoms with E-state index >= 15 is 0 Å². The molecule has 0 aliphatic heterocycles.